The van der Waals surface area contributed by atoms with Crippen LogP contribution >= 0.6 is 0 Å². The predicted molar refractivity (Wildman–Crippen MR) is 90.0 cm³/mol. The van der Waals surface area contributed by atoms with E-state index in [1.54, 1.807) is 0 Å². The maximum atomic E-state index is 12.7. The molecule has 1 N–H and O–H groups in total. The number of unbranched alkanes of at least 4 members (excludes halogenated alkanes) is 1. The molecule has 1 saturated heterocycles. The van der Waals surface area contributed by atoms with Crippen molar-refractivity contribution in [2.75, 3.05) is 6.54 Å². The third-order valence-corrected chi connectivity index (χ3v) is 4.63. The van der Waals surface area contributed by atoms with Crippen molar-refractivity contribution in [3.05, 3.63) is 0 Å². The Balaban J connectivity index is 2.73. The summed E-state index contributed by atoms with van der Waals surface area (Å²) in [5.41, 5.74) is 0. The summed E-state index contributed by atoms with van der Waals surface area (Å²) >= 11 is 0. The Bertz CT molecular complexity index is 314. The Morgan fingerprint density at radius 2 is 1.86 bits per heavy atom. The fourth-order valence-corrected chi connectivity index (χ4v) is 3.30. The maximum Gasteiger partial charge on any atom is 0.241 e. The van der Waals surface area contributed by atoms with Gasteiger partial charge in [-0.3, -0.25) is 10.1 Å². The van der Waals surface area contributed by atoms with Crippen molar-refractivity contribution >= 4 is 5.91 Å². The number of carbonyl (C=O) groups is 1. The monoisotopic (exact) mass is 296 g/mol. The predicted octanol–water partition coefficient (Wildman–Crippen LogP) is 4.03. The molecule has 0 bridgehead atoms. The van der Waals surface area contributed by atoms with Gasteiger partial charge in [0, 0.05) is 6.54 Å². The number of carbonyl (C=O) groups excluding carboxylic acids is 1. The molecule has 1 amide bonds. The SMILES string of the molecule is CCCCC(CC)CN1C(=O)C(CC(C)C)NC1C(C)C. The zero-order chi connectivity index (χ0) is 16.0. The molecule has 1 rings (SSSR count). The lowest BCUT2D eigenvalue weighted by Crippen LogP contribution is -2.43. The van der Waals surface area contributed by atoms with Crippen LogP contribution in [0.2, 0.25) is 0 Å². The molecule has 0 radical (unpaired) electrons. The first kappa shape index (κ1) is 18.5. The van der Waals surface area contributed by atoms with Crippen molar-refractivity contribution in [1.29, 1.82) is 0 Å². The second-order valence-corrected chi connectivity index (χ2v) is 7.44. The molecular formula is C18H36N2O. The first-order valence-corrected chi connectivity index (χ1v) is 8.97. The van der Waals surface area contributed by atoms with E-state index in [-0.39, 0.29) is 12.2 Å². The second-order valence-electron chi connectivity index (χ2n) is 7.44. The number of amides is 1. The third-order valence-electron chi connectivity index (χ3n) is 4.63. The molecule has 0 aromatic rings. The van der Waals surface area contributed by atoms with E-state index in [1.807, 2.05) is 0 Å². The lowest BCUT2D eigenvalue weighted by Gasteiger charge is -2.30. The van der Waals surface area contributed by atoms with E-state index in [0.717, 1.165) is 13.0 Å². The van der Waals surface area contributed by atoms with Crippen LogP contribution < -0.4 is 5.32 Å². The fraction of sp³-hybridized carbons (Fsp3) is 0.944. The van der Waals surface area contributed by atoms with E-state index in [4.69, 9.17) is 0 Å². The minimum absolute atomic E-state index is 0.0288. The van der Waals surface area contributed by atoms with E-state index in [0.29, 0.717) is 23.7 Å². The van der Waals surface area contributed by atoms with Crippen LogP contribution in [0.15, 0.2) is 0 Å². The van der Waals surface area contributed by atoms with Crippen LogP contribution in [0, 0.1) is 17.8 Å². The number of hydrogen-bond donors (Lipinski definition) is 1. The van der Waals surface area contributed by atoms with Gasteiger partial charge in [-0.1, -0.05) is 60.8 Å². The normalized spacial score (nSPS) is 24.4. The average Bonchev–Trinajstić information content (AvgIpc) is 2.71. The molecule has 21 heavy (non-hydrogen) atoms. The Labute approximate surface area is 131 Å². The first-order valence-electron chi connectivity index (χ1n) is 8.97. The Morgan fingerprint density at radius 1 is 1.19 bits per heavy atom. The van der Waals surface area contributed by atoms with Gasteiger partial charge in [0.05, 0.1) is 12.2 Å². The largest absolute Gasteiger partial charge is 0.325 e. The van der Waals surface area contributed by atoms with Gasteiger partial charge in [-0.25, -0.2) is 0 Å². The topological polar surface area (TPSA) is 32.3 Å². The molecule has 1 aliphatic rings. The van der Waals surface area contributed by atoms with Gasteiger partial charge in [0.15, 0.2) is 0 Å². The molecular weight excluding hydrogens is 260 g/mol. The molecule has 1 heterocycles. The van der Waals surface area contributed by atoms with Crippen molar-refractivity contribution < 1.29 is 4.79 Å². The molecule has 0 aromatic carbocycles. The maximum absolute atomic E-state index is 12.7. The summed E-state index contributed by atoms with van der Waals surface area (Å²) in [6, 6.07) is 0.0288. The zero-order valence-corrected chi connectivity index (χ0v) is 15.0. The summed E-state index contributed by atoms with van der Waals surface area (Å²) in [7, 11) is 0. The van der Waals surface area contributed by atoms with Crippen molar-refractivity contribution in [2.24, 2.45) is 17.8 Å². The number of hydrogen-bond acceptors (Lipinski definition) is 2. The Morgan fingerprint density at radius 3 is 2.33 bits per heavy atom. The van der Waals surface area contributed by atoms with E-state index < -0.39 is 0 Å². The summed E-state index contributed by atoms with van der Waals surface area (Å²) < 4.78 is 0. The van der Waals surface area contributed by atoms with Gasteiger partial charge in [-0.15, -0.1) is 0 Å². The summed E-state index contributed by atoms with van der Waals surface area (Å²) in [5, 5.41) is 3.58. The summed E-state index contributed by atoms with van der Waals surface area (Å²) in [6.07, 6.45) is 6.10. The fourth-order valence-electron chi connectivity index (χ4n) is 3.30. The van der Waals surface area contributed by atoms with Gasteiger partial charge in [0.25, 0.3) is 0 Å². The smallest absolute Gasteiger partial charge is 0.241 e. The quantitative estimate of drug-likeness (QED) is 0.696. The van der Waals surface area contributed by atoms with Crippen LogP contribution in [0.4, 0.5) is 0 Å². The van der Waals surface area contributed by atoms with Crippen LogP contribution in [0.1, 0.15) is 73.6 Å². The standard InChI is InChI=1S/C18H36N2O/c1-7-9-10-15(8-2)12-20-17(14(5)6)19-16(18(20)21)11-13(3)4/h13-17,19H,7-12H2,1-6H3. The molecule has 124 valence electrons. The van der Waals surface area contributed by atoms with Crippen LogP contribution in [-0.4, -0.2) is 29.6 Å². The van der Waals surface area contributed by atoms with E-state index in [9.17, 15) is 4.79 Å². The molecule has 3 atom stereocenters. The minimum atomic E-state index is 0.0288. The zero-order valence-electron chi connectivity index (χ0n) is 15.0. The minimum Gasteiger partial charge on any atom is -0.325 e. The van der Waals surface area contributed by atoms with Crippen LogP contribution in [-0.2, 0) is 4.79 Å². The number of nitrogens with one attached hydrogen (secondary N) is 1. The third kappa shape index (κ3) is 5.28. The molecule has 3 nitrogen and oxygen atoms in total. The molecule has 1 aliphatic heterocycles. The lowest BCUT2D eigenvalue weighted by molar-refractivity contribution is -0.131. The molecule has 0 spiro atoms. The average molecular weight is 296 g/mol. The second kappa shape index (κ2) is 8.77. The summed E-state index contributed by atoms with van der Waals surface area (Å²) in [6.45, 7) is 14.2. The van der Waals surface area contributed by atoms with Gasteiger partial charge >= 0.3 is 0 Å². The lowest BCUT2D eigenvalue weighted by atomic mass is 9.97. The van der Waals surface area contributed by atoms with Crippen molar-refractivity contribution in [3.63, 3.8) is 0 Å². The number of nitrogens with zero attached hydrogens (tertiary/aromatic N) is 1. The van der Waals surface area contributed by atoms with Gasteiger partial charge < -0.3 is 4.90 Å². The molecule has 1 fully saturated rings. The van der Waals surface area contributed by atoms with E-state index in [1.165, 1.54) is 25.7 Å². The highest BCUT2D eigenvalue weighted by molar-refractivity contribution is 5.84. The van der Waals surface area contributed by atoms with E-state index >= 15 is 0 Å². The van der Waals surface area contributed by atoms with Gasteiger partial charge in [-0.2, -0.15) is 0 Å². The Kier molecular flexibility index (Phi) is 7.72. The van der Waals surface area contributed by atoms with Crippen molar-refractivity contribution in [1.82, 2.24) is 10.2 Å². The summed E-state index contributed by atoms with van der Waals surface area (Å²) in [5.74, 6) is 2.00. The highest BCUT2D eigenvalue weighted by Crippen LogP contribution is 2.25. The summed E-state index contributed by atoms with van der Waals surface area (Å²) in [4.78, 5) is 14.9. The highest BCUT2D eigenvalue weighted by atomic mass is 16.2. The van der Waals surface area contributed by atoms with Crippen LogP contribution in [0.3, 0.4) is 0 Å². The first-order chi connectivity index (χ1) is 9.90. The molecule has 0 aliphatic carbocycles. The van der Waals surface area contributed by atoms with Crippen molar-refractivity contribution in [2.45, 2.75) is 85.9 Å². The Hall–Kier alpha value is -0.570. The molecule has 0 aromatic heterocycles. The van der Waals surface area contributed by atoms with Crippen molar-refractivity contribution in [3.8, 4) is 0 Å². The van der Waals surface area contributed by atoms with Crippen LogP contribution in [0.25, 0.3) is 0 Å². The van der Waals surface area contributed by atoms with Gasteiger partial charge in [-0.05, 0) is 30.6 Å². The molecule has 3 heteroatoms. The number of rotatable bonds is 9. The van der Waals surface area contributed by atoms with Gasteiger partial charge in [0.2, 0.25) is 5.91 Å². The van der Waals surface area contributed by atoms with Gasteiger partial charge in [0.1, 0.15) is 0 Å². The van der Waals surface area contributed by atoms with Crippen LogP contribution in [0.5, 0.6) is 0 Å². The highest BCUT2D eigenvalue weighted by Gasteiger charge is 2.40. The molecule has 0 saturated carbocycles. The molecule has 3 unspecified atom stereocenters. The van der Waals surface area contributed by atoms with E-state index in [2.05, 4.69) is 51.8 Å².